The Hall–Kier alpha value is -1.85. The maximum atomic E-state index is 11.5. The molecule has 0 bridgehead atoms. The second-order valence-corrected chi connectivity index (χ2v) is 3.27. The van der Waals surface area contributed by atoms with Crippen molar-refractivity contribution in [3.63, 3.8) is 0 Å². The maximum Gasteiger partial charge on any atom is 0.328 e. The normalized spacial score (nSPS) is 11.9. The van der Waals surface area contributed by atoms with Gasteiger partial charge in [-0.3, -0.25) is 4.79 Å². The third-order valence-corrected chi connectivity index (χ3v) is 1.85. The predicted octanol–water partition coefficient (Wildman–Crippen LogP) is 0.664. The smallest absolute Gasteiger partial charge is 0.328 e. The van der Waals surface area contributed by atoms with E-state index < -0.39 is 17.9 Å². The molecule has 6 nitrogen and oxygen atoms in total. The van der Waals surface area contributed by atoms with Gasteiger partial charge in [0.1, 0.15) is 11.8 Å². The first-order valence-corrected chi connectivity index (χ1v) is 4.95. The summed E-state index contributed by atoms with van der Waals surface area (Å²) in [6.07, 6.45) is 0. The number of hydrogen-bond donors (Lipinski definition) is 1. The highest BCUT2D eigenvalue weighted by Gasteiger charge is 2.19. The van der Waals surface area contributed by atoms with E-state index in [-0.39, 0.29) is 12.3 Å². The molecule has 6 heteroatoms. The molecule has 0 aromatic carbocycles. The molecular formula is C10H14N2O4. The average Bonchev–Trinajstić information content (AvgIpc) is 2.65. The van der Waals surface area contributed by atoms with Crippen molar-refractivity contribution in [2.75, 3.05) is 6.61 Å². The molecule has 88 valence electrons. The number of rotatable bonds is 4. The first-order chi connectivity index (χ1) is 7.54. The summed E-state index contributed by atoms with van der Waals surface area (Å²) in [5, 5.41) is 5.99. The predicted molar refractivity (Wildman–Crippen MR) is 54.8 cm³/mol. The lowest BCUT2D eigenvalue weighted by Crippen LogP contribution is -2.39. The fourth-order valence-electron chi connectivity index (χ4n) is 1.07. The number of aromatic nitrogens is 1. The van der Waals surface area contributed by atoms with E-state index >= 15 is 0 Å². The Bertz CT molecular complexity index is 386. The van der Waals surface area contributed by atoms with Crippen molar-refractivity contribution in [3.8, 4) is 0 Å². The third kappa shape index (κ3) is 3.08. The summed E-state index contributed by atoms with van der Waals surface area (Å²) in [6, 6.07) is 0.789. The summed E-state index contributed by atoms with van der Waals surface area (Å²) >= 11 is 0. The zero-order chi connectivity index (χ0) is 12.1. The van der Waals surface area contributed by atoms with Crippen LogP contribution in [0.5, 0.6) is 0 Å². The molecule has 1 amide bonds. The van der Waals surface area contributed by atoms with Gasteiger partial charge in [-0.1, -0.05) is 5.16 Å². The van der Waals surface area contributed by atoms with Crippen molar-refractivity contribution in [3.05, 3.63) is 17.5 Å². The number of aryl methyl sites for hydroxylation is 1. The summed E-state index contributed by atoms with van der Waals surface area (Å²) in [4.78, 5) is 22.8. The van der Waals surface area contributed by atoms with E-state index in [2.05, 4.69) is 10.5 Å². The lowest BCUT2D eigenvalue weighted by molar-refractivity contribution is -0.144. The van der Waals surface area contributed by atoms with Crippen LogP contribution in [0.4, 0.5) is 0 Å². The van der Waals surface area contributed by atoms with E-state index in [1.54, 1.807) is 20.8 Å². The molecule has 1 unspecified atom stereocenters. The summed E-state index contributed by atoms with van der Waals surface area (Å²) in [7, 11) is 0. The SMILES string of the molecule is CCOC(=O)C(C)NC(=O)c1cc(C)on1. The van der Waals surface area contributed by atoms with Gasteiger partial charge < -0.3 is 14.6 Å². The highest BCUT2D eigenvalue weighted by Crippen LogP contribution is 2.01. The van der Waals surface area contributed by atoms with E-state index in [4.69, 9.17) is 9.26 Å². The Labute approximate surface area is 92.9 Å². The molecule has 1 N–H and O–H groups in total. The van der Waals surface area contributed by atoms with Crippen LogP contribution in [0.2, 0.25) is 0 Å². The van der Waals surface area contributed by atoms with Gasteiger partial charge in [-0.2, -0.15) is 0 Å². The Morgan fingerprint density at radius 3 is 2.81 bits per heavy atom. The minimum atomic E-state index is -0.704. The van der Waals surface area contributed by atoms with E-state index in [0.717, 1.165) is 0 Å². The van der Waals surface area contributed by atoms with Crippen molar-refractivity contribution < 1.29 is 18.8 Å². The van der Waals surface area contributed by atoms with Gasteiger partial charge in [0, 0.05) is 6.07 Å². The van der Waals surface area contributed by atoms with Gasteiger partial charge in [-0.15, -0.1) is 0 Å². The molecule has 0 aliphatic rings. The molecule has 1 heterocycles. The van der Waals surface area contributed by atoms with E-state index in [9.17, 15) is 9.59 Å². The zero-order valence-corrected chi connectivity index (χ0v) is 9.44. The van der Waals surface area contributed by atoms with E-state index in [1.807, 2.05) is 0 Å². The lowest BCUT2D eigenvalue weighted by atomic mass is 10.3. The Kier molecular flexibility index (Phi) is 4.04. The minimum Gasteiger partial charge on any atom is -0.464 e. The van der Waals surface area contributed by atoms with Crippen molar-refractivity contribution in [1.29, 1.82) is 0 Å². The molecule has 0 saturated carbocycles. The van der Waals surface area contributed by atoms with Crippen LogP contribution >= 0.6 is 0 Å². The van der Waals surface area contributed by atoms with Crippen molar-refractivity contribution in [2.45, 2.75) is 26.8 Å². The lowest BCUT2D eigenvalue weighted by Gasteiger charge is -2.10. The van der Waals surface area contributed by atoms with Crippen LogP contribution in [0.3, 0.4) is 0 Å². The van der Waals surface area contributed by atoms with Crippen molar-refractivity contribution in [1.82, 2.24) is 10.5 Å². The molecule has 0 aliphatic carbocycles. The Morgan fingerprint density at radius 1 is 1.62 bits per heavy atom. The van der Waals surface area contributed by atoms with Gasteiger partial charge in [-0.05, 0) is 20.8 Å². The summed E-state index contributed by atoms with van der Waals surface area (Å²) in [5.41, 5.74) is 0.147. The number of nitrogens with one attached hydrogen (secondary N) is 1. The minimum absolute atomic E-state index is 0.147. The van der Waals surface area contributed by atoms with Crippen molar-refractivity contribution >= 4 is 11.9 Å². The molecule has 16 heavy (non-hydrogen) atoms. The fraction of sp³-hybridized carbons (Fsp3) is 0.500. The number of ether oxygens (including phenoxy) is 1. The molecule has 0 aliphatic heterocycles. The molecule has 1 aromatic heterocycles. The van der Waals surface area contributed by atoms with E-state index in [0.29, 0.717) is 5.76 Å². The number of nitrogens with zero attached hydrogens (tertiary/aromatic N) is 1. The van der Waals surface area contributed by atoms with Gasteiger partial charge in [0.2, 0.25) is 0 Å². The Balaban J connectivity index is 2.54. The Morgan fingerprint density at radius 2 is 2.31 bits per heavy atom. The molecule has 0 radical (unpaired) electrons. The molecule has 1 aromatic rings. The average molecular weight is 226 g/mol. The number of esters is 1. The van der Waals surface area contributed by atoms with Crippen molar-refractivity contribution in [2.24, 2.45) is 0 Å². The maximum absolute atomic E-state index is 11.5. The van der Waals surface area contributed by atoms with Crippen LogP contribution < -0.4 is 5.32 Å². The number of hydrogen-bond acceptors (Lipinski definition) is 5. The van der Waals surface area contributed by atoms with Gasteiger partial charge in [0.15, 0.2) is 5.69 Å². The highest BCUT2D eigenvalue weighted by molar-refractivity contribution is 5.94. The van der Waals surface area contributed by atoms with Gasteiger partial charge in [0.25, 0.3) is 5.91 Å². The van der Waals surface area contributed by atoms with Crippen LogP contribution in [0.25, 0.3) is 0 Å². The van der Waals surface area contributed by atoms with Gasteiger partial charge >= 0.3 is 5.97 Å². The highest BCUT2D eigenvalue weighted by atomic mass is 16.5. The van der Waals surface area contributed by atoms with Crippen LogP contribution in [0.15, 0.2) is 10.6 Å². The topological polar surface area (TPSA) is 81.4 Å². The monoisotopic (exact) mass is 226 g/mol. The largest absolute Gasteiger partial charge is 0.464 e. The second-order valence-electron chi connectivity index (χ2n) is 3.27. The molecule has 0 fully saturated rings. The summed E-state index contributed by atoms with van der Waals surface area (Å²) < 4.78 is 9.50. The number of amides is 1. The van der Waals surface area contributed by atoms with Crippen LogP contribution in [0, 0.1) is 6.92 Å². The summed E-state index contributed by atoms with van der Waals surface area (Å²) in [6.45, 7) is 5.21. The first kappa shape index (κ1) is 12.2. The van der Waals surface area contributed by atoms with Crippen LogP contribution in [0.1, 0.15) is 30.1 Å². The number of carbonyl (C=O) groups is 2. The first-order valence-electron chi connectivity index (χ1n) is 4.95. The second kappa shape index (κ2) is 5.29. The molecular weight excluding hydrogens is 212 g/mol. The zero-order valence-electron chi connectivity index (χ0n) is 9.44. The molecule has 0 spiro atoms. The summed E-state index contributed by atoms with van der Waals surface area (Å²) in [5.74, 6) is -0.401. The standard InChI is InChI=1S/C10H14N2O4/c1-4-15-10(14)7(3)11-9(13)8-5-6(2)16-12-8/h5,7H,4H2,1-3H3,(H,11,13). The quantitative estimate of drug-likeness (QED) is 0.763. The molecule has 1 rings (SSSR count). The third-order valence-electron chi connectivity index (χ3n) is 1.85. The van der Waals surface area contributed by atoms with Gasteiger partial charge in [0.05, 0.1) is 6.61 Å². The number of carbonyl (C=O) groups excluding carboxylic acids is 2. The van der Waals surface area contributed by atoms with Crippen LogP contribution in [-0.4, -0.2) is 29.7 Å². The fourth-order valence-corrected chi connectivity index (χ4v) is 1.07. The molecule has 1 atom stereocenters. The molecule has 0 saturated heterocycles. The van der Waals surface area contributed by atoms with Crippen LogP contribution in [-0.2, 0) is 9.53 Å². The van der Waals surface area contributed by atoms with Gasteiger partial charge in [-0.25, -0.2) is 4.79 Å². The van der Waals surface area contributed by atoms with E-state index in [1.165, 1.54) is 6.07 Å².